The number of rotatable bonds is 7. The van der Waals surface area contributed by atoms with E-state index in [1.54, 1.807) is 7.05 Å². The van der Waals surface area contributed by atoms with Crippen molar-refractivity contribution >= 4 is 5.96 Å². The third kappa shape index (κ3) is 6.63. The molecule has 0 heterocycles. The summed E-state index contributed by atoms with van der Waals surface area (Å²) < 4.78 is 0. The molecule has 0 aliphatic heterocycles. The van der Waals surface area contributed by atoms with Gasteiger partial charge >= 0.3 is 0 Å². The van der Waals surface area contributed by atoms with Crippen molar-refractivity contribution in [3.05, 3.63) is 35.4 Å². The molecule has 1 aromatic rings. The summed E-state index contributed by atoms with van der Waals surface area (Å²) in [4.78, 5) is 6.65. The highest BCUT2D eigenvalue weighted by Crippen LogP contribution is 2.08. The SMILES string of the molecule is CCN(CC)Cc1cccc(CNC(=NC)NC(C)C)c1. The maximum absolute atomic E-state index is 4.23. The van der Waals surface area contributed by atoms with Crippen molar-refractivity contribution in [2.45, 2.75) is 46.8 Å². The lowest BCUT2D eigenvalue weighted by molar-refractivity contribution is 0.296. The molecule has 0 radical (unpaired) electrons. The lowest BCUT2D eigenvalue weighted by Gasteiger charge is -2.19. The van der Waals surface area contributed by atoms with Crippen LogP contribution in [0.15, 0.2) is 29.3 Å². The standard InChI is InChI=1S/C17H30N4/c1-6-21(7-2)13-16-10-8-9-15(11-16)12-19-17(18-5)20-14(3)4/h8-11,14H,6-7,12-13H2,1-5H3,(H2,18,19,20). The summed E-state index contributed by atoms with van der Waals surface area (Å²) in [5.74, 6) is 0.846. The Kier molecular flexibility index (Phi) is 7.83. The molecule has 0 bridgehead atoms. The monoisotopic (exact) mass is 290 g/mol. The first-order chi connectivity index (χ1) is 10.1. The summed E-state index contributed by atoms with van der Waals surface area (Å²) in [6, 6.07) is 9.14. The van der Waals surface area contributed by atoms with Gasteiger partial charge in [-0.2, -0.15) is 0 Å². The highest BCUT2D eigenvalue weighted by molar-refractivity contribution is 5.79. The van der Waals surface area contributed by atoms with Crippen molar-refractivity contribution in [2.75, 3.05) is 20.1 Å². The van der Waals surface area contributed by atoms with Gasteiger partial charge in [0.25, 0.3) is 0 Å². The zero-order valence-electron chi connectivity index (χ0n) is 14.1. The van der Waals surface area contributed by atoms with Crippen molar-refractivity contribution in [3.8, 4) is 0 Å². The number of aliphatic imine (C=N–C) groups is 1. The zero-order valence-corrected chi connectivity index (χ0v) is 14.1. The van der Waals surface area contributed by atoms with E-state index in [1.165, 1.54) is 11.1 Å². The fraction of sp³-hybridized carbons (Fsp3) is 0.588. The summed E-state index contributed by atoms with van der Waals surface area (Å²) in [5.41, 5.74) is 2.65. The van der Waals surface area contributed by atoms with Crippen molar-refractivity contribution < 1.29 is 0 Å². The maximum Gasteiger partial charge on any atom is 0.191 e. The minimum Gasteiger partial charge on any atom is -0.354 e. The Bertz CT molecular complexity index is 436. The first kappa shape index (κ1) is 17.5. The Balaban J connectivity index is 2.60. The normalized spacial score (nSPS) is 12.0. The topological polar surface area (TPSA) is 39.7 Å². The van der Waals surface area contributed by atoms with Crippen LogP contribution in [0.5, 0.6) is 0 Å². The quantitative estimate of drug-likeness (QED) is 0.599. The molecule has 4 heteroatoms. The van der Waals surface area contributed by atoms with E-state index in [4.69, 9.17) is 0 Å². The van der Waals surface area contributed by atoms with E-state index in [2.05, 4.69) is 72.5 Å². The van der Waals surface area contributed by atoms with Crippen LogP contribution in [0.1, 0.15) is 38.8 Å². The van der Waals surface area contributed by atoms with Gasteiger partial charge in [0.15, 0.2) is 5.96 Å². The van der Waals surface area contributed by atoms with Gasteiger partial charge in [0, 0.05) is 26.2 Å². The van der Waals surface area contributed by atoms with Crippen LogP contribution in [-0.2, 0) is 13.1 Å². The van der Waals surface area contributed by atoms with Crippen LogP contribution in [0, 0.1) is 0 Å². The first-order valence-corrected chi connectivity index (χ1v) is 7.86. The van der Waals surface area contributed by atoms with Crippen LogP contribution in [0.25, 0.3) is 0 Å². The van der Waals surface area contributed by atoms with E-state index in [1.807, 2.05) is 0 Å². The molecule has 0 aromatic heterocycles. The van der Waals surface area contributed by atoms with Gasteiger partial charge in [-0.15, -0.1) is 0 Å². The van der Waals surface area contributed by atoms with Gasteiger partial charge in [-0.1, -0.05) is 38.1 Å². The highest BCUT2D eigenvalue weighted by Gasteiger charge is 2.03. The van der Waals surface area contributed by atoms with E-state index in [0.29, 0.717) is 6.04 Å². The summed E-state index contributed by atoms with van der Waals surface area (Å²) in [5, 5.41) is 6.65. The Hall–Kier alpha value is -1.55. The minimum atomic E-state index is 0.380. The predicted octanol–water partition coefficient (Wildman–Crippen LogP) is 2.60. The summed E-state index contributed by atoms with van der Waals surface area (Å²) >= 11 is 0. The number of guanidine groups is 1. The molecule has 2 N–H and O–H groups in total. The van der Waals surface area contributed by atoms with Crippen LogP contribution in [0.4, 0.5) is 0 Å². The van der Waals surface area contributed by atoms with Crippen molar-refractivity contribution in [2.24, 2.45) is 4.99 Å². The summed E-state index contributed by atoms with van der Waals surface area (Å²) in [6.45, 7) is 12.6. The second-order valence-corrected chi connectivity index (χ2v) is 5.51. The minimum absolute atomic E-state index is 0.380. The van der Waals surface area contributed by atoms with Gasteiger partial charge in [0.2, 0.25) is 0 Å². The zero-order chi connectivity index (χ0) is 15.7. The van der Waals surface area contributed by atoms with Gasteiger partial charge in [-0.05, 0) is 38.1 Å². The van der Waals surface area contributed by atoms with Crippen LogP contribution >= 0.6 is 0 Å². The first-order valence-electron chi connectivity index (χ1n) is 7.86. The Morgan fingerprint density at radius 1 is 1.19 bits per heavy atom. The van der Waals surface area contributed by atoms with Crippen molar-refractivity contribution in [3.63, 3.8) is 0 Å². The van der Waals surface area contributed by atoms with Gasteiger partial charge in [-0.25, -0.2) is 0 Å². The third-order valence-corrected chi connectivity index (χ3v) is 3.40. The molecule has 0 amide bonds. The molecule has 118 valence electrons. The smallest absolute Gasteiger partial charge is 0.191 e. The molecular formula is C17H30N4. The van der Waals surface area contributed by atoms with E-state index in [0.717, 1.165) is 32.1 Å². The van der Waals surface area contributed by atoms with Gasteiger partial charge in [0.1, 0.15) is 0 Å². The second-order valence-electron chi connectivity index (χ2n) is 5.51. The molecule has 0 fully saturated rings. The van der Waals surface area contributed by atoms with Crippen LogP contribution in [0.2, 0.25) is 0 Å². The Labute approximate surface area is 129 Å². The number of nitrogens with one attached hydrogen (secondary N) is 2. The van der Waals surface area contributed by atoms with Crippen LogP contribution in [0.3, 0.4) is 0 Å². The molecule has 0 saturated heterocycles. The van der Waals surface area contributed by atoms with E-state index < -0.39 is 0 Å². The molecule has 0 unspecified atom stereocenters. The molecular weight excluding hydrogens is 260 g/mol. The average Bonchev–Trinajstić information content (AvgIpc) is 2.49. The molecule has 4 nitrogen and oxygen atoms in total. The molecule has 0 saturated carbocycles. The fourth-order valence-electron chi connectivity index (χ4n) is 2.20. The van der Waals surface area contributed by atoms with E-state index >= 15 is 0 Å². The molecule has 1 rings (SSSR count). The van der Waals surface area contributed by atoms with Crippen LogP contribution in [-0.4, -0.2) is 37.0 Å². The lowest BCUT2D eigenvalue weighted by atomic mass is 10.1. The Morgan fingerprint density at radius 2 is 1.86 bits per heavy atom. The van der Waals surface area contributed by atoms with E-state index in [-0.39, 0.29) is 0 Å². The molecule has 0 spiro atoms. The molecule has 0 aliphatic carbocycles. The Morgan fingerprint density at radius 3 is 2.43 bits per heavy atom. The average molecular weight is 290 g/mol. The van der Waals surface area contributed by atoms with Crippen molar-refractivity contribution in [1.29, 1.82) is 0 Å². The highest BCUT2D eigenvalue weighted by atomic mass is 15.2. The van der Waals surface area contributed by atoms with Gasteiger partial charge < -0.3 is 10.6 Å². The lowest BCUT2D eigenvalue weighted by Crippen LogP contribution is -2.40. The number of nitrogens with zero attached hydrogens (tertiary/aromatic N) is 2. The predicted molar refractivity (Wildman–Crippen MR) is 91.5 cm³/mol. The van der Waals surface area contributed by atoms with E-state index in [9.17, 15) is 0 Å². The van der Waals surface area contributed by atoms with Gasteiger partial charge in [-0.3, -0.25) is 9.89 Å². The largest absolute Gasteiger partial charge is 0.354 e. The summed E-state index contributed by atoms with van der Waals surface area (Å²) in [6.07, 6.45) is 0. The van der Waals surface area contributed by atoms with Gasteiger partial charge in [0.05, 0.1) is 0 Å². The fourth-order valence-corrected chi connectivity index (χ4v) is 2.20. The second kappa shape index (κ2) is 9.40. The molecule has 1 aromatic carbocycles. The maximum atomic E-state index is 4.23. The molecule has 0 aliphatic rings. The van der Waals surface area contributed by atoms with Crippen LogP contribution < -0.4 is 10.6 Å². The third-order valence-electron chi connectivity index (χ3n) is 3.40. The molecule has 0 atom stereocenters. The molecule has 21 heavy (non-hydrogen) atoms. The number of hydrogen-bond acceptors (Lipinski definition) is 2. The summed E-state index contributed by atoms with van der Waals surface area (Å²) in [7, 11) is 1.80. The number of hydrogen-bond donors (Lipinski definition) is 2. The number of benzene rings is 1. The van der Waals surface area contributed by atoms with Crippen molar-refractivity contribution in [1.82, 2.24) is 15.5 Å².